The maximum Gasteiger partial charge on any atom is 0.269 e. The van der Waals surface area contributed by atoms with Crippen molar-refractivity contribution < 1.29 is 19.2 Å². The van der Waals surface area contributed by atoms with Crippen LogP contribution in [0.3, 0.4) is 0 Å². The molecule has 29 heavy (non-hydrogen) atoms. The number of nitrogens with two attached hydrogens (primary N) is 1. The second-order valence-electron chi connectivity index (χ2n) is 6.43. The summed E-state index contributed by atoms with van der Waals surface area (Å²) in [6.07, 6.45) is 0. The molecule has 1 saturated heterocycles. The predicted molar refractivity (Wildman–Crippen MR) is 107 cm³/mol. The minimum absolute atomic E-state index is 0.0380. The Morgan fingerprint density at radius 3 is 2.34 bits per heavy atom. The van der Waals surface area contributed by atoms with Gasteiger partial charge in [-0.1, -0.05) is 11.6 Å². The quantitative estimate of drug-likeness (QED) is 0.566. The molecule has 3 rings (SSSR count). The molecule has 0 saturated carbocycles. The predicted octanol–water partition coefficient (Wildman–Crippen LogP) is 2.07. The average molecular weight is 419 g/mol. The first-order chi connectivity index (χ1) is 13.8. The molecule has 10 heteroatoms. The van der Waals surface area contributed by atoms with Gasteiger partial charge in [-0.25, -0.2) is 0 Å². The van der Waals surface area contributed by atoms with Crippen LogP contribution in [0.5, 0.6) is 5.75 Å². The number of nitro benzene ring substituents is 1. The van der Waals surface area contributed by atoms with E-state index in [0.29, 0.717) is 31.2 Å². The summed E-state index contributed by atoms with van der Waals surface area (Å²) in [6.45, 7) is 1.91. The number of amides is 2. The number of ether oxygens (including phenoxy) is 1. The highest BCUT2D eigenvalue weighted by molar-refractivity contribution is 6.30. The summed E-state index contributed by atoms with van der Waals surface area (Å²) in [6, 6.07) is 10.7. The van der Waals surface area contributed by atoms with Crippen LogP contribution in [0.2, 0.25) is 5.02 Å². The lowest BCUT2D eigenvalue weighted by atomic mass is 10.2. The number of benzene rings is 2. The van der Waals surface area contributed by atoms with Crippen LogP contribution in [0.25, 0.3) is 0 Å². The van der Waals surface area contributed by atoms with Gasteiger partial charge in [0.1, 0.15) is 5.75 Å². The Morgan fingerprint density at radius 1 is 1.10 bits per heavy atom. The summed E-state index contributed by atoms with van der Waals surface area (Å²) in [7, 11) is 0. The van der Waals surface area contributed by atoms with E-state index >= 15 is 0 Å². The van der Waals surface area contributed by atoms with Crippen molar-refractivity contribution in [2.45, 2.75) is 0 Å². The Labute approximate surface area is 171 Å². The zero-order valence-corrected chi connectivity index (χ0v) is 16.2. The Balaban J connectivity index is 1.55. The zero-order valence-electron chi connectivity index (χ0n) is 15.4. The minimum Gasteiger partial charge on any atom is -0.483 e. The highest BCUT2D eigenvalue weighted by Crippen LogP contribution is 2.24. The number of carbonyl (C=O) groups is 2. The monoisotopic (exact) mass is 418 g/mol. The molecule has 0 radical (unpaired) electrons. The fourth-order valence-electron chi connectivity index (χ4n) is 3.05. The average Bonchev–Trinajstić information content (AvgIpc) is 2.72. The number of rotatable bonds is 6. The van der Waals surface area contributed by atoms with Crippen molar-refractivity contribution in [2.75, 3.05) is 37.7 Å². The molecule has 0 spiro atoms. The smallest absolute Gasteiger partial charge is 0.269 e. The van der Waals surface area contributed by atoms with Gasteiger partial charge >= 0.3 is 0 Å². The first-order valence-electron chi connectivity index (χ1n) is 8.84. The lowest BCUT2D eigenvalue weighted by Gasteiger charge is -2.36. The maximum absolute atomic E-state index is 12.5. The molecule has 2 amide bonds. The van der Waals surface area contributed by atoms with Crippen molar-refractivity contribution in [1.82, 2.24) is 4.90 Å². The number of piperazine rings is 1. The van der Waals surface area contributed by atoms with Crippen molar-refractivity contribution in [3.63, 3.8) is 0 Å². The lowest BCUT2D eigenvalue weighted by molar-refractivity contribution is -0.384. The Bertz CT molecular complexity index is 927. The minimum atomic E-state index is -0.666. The SMILES string of the molecule is NC(=O)c1ccc(Cl)cc1OCC(=O)N1CCN(c2ccc([N+](=O)[O-])cc2)CC1. The molecule has 1 aliphatic rings. The third-order valence-corrected chi connectivity index (χ3v) is 4.85. The molecule has 0 aliphatic carbocycles. The van der Waals surface area contributed by atoms with E-state index in [2.05, 4.69) is 4.90 Å². The number of non-ortho nitro benzene ring substituents is 1. The summed E-state index contributed by atoms with van der Waals surface area (Å²) in [5, 5.41) is 11.1. The first kappa shape index (κ1) is 20.4. The van der Waals surface area contributed by atoms with Gasteiger partial charge in [-0.2, -0.15) is 0 Å². The molecular formula is C19H19ClN4O5. The van der Waals surface area contributed by atoms with Gasteiger partial charge in [-0.15, -0.1) is 0 Å². The molecule has 9 nitrogen and oxygen atoms in total. The van der Waals surface area contributed by atoms with Crippen molar-refractivity contribution in [3.05, 3.63) is 63.2 Å². The van der Waals surface area contributed by atoms with Crippen LogP contribution in [0, 0.1) is 10.1 Å². The highest BCUT2D eigenvalue weighted by Gasteiger charge is 2.22. The van der Waals surface area contributed by atoms with E-state index in [1.54, 1.807) is 17.0 Å². The summed E-state index contributed by atoms with van der Waals surface area (Å²) in [5.41, 5.74) is 6.37. The van der Waals surface area contributed by atoms with E-state index in [-0.39, 0.29) is 29.5 Å². The van der Waals surface area contributed by atoms with Crippen molar-refractivity contribution in [3.8, 4) is 5.75 Å². The van der Waals surface area contributed by atoms with Gasteiger partial charge < -0.3 is 20.3 Å². The van der Waals surface area contributed by atoms with E-state index < -0.39 is 10.8 Å². The van der Waals surface area contributed by atoms with E-state index in [1.165, 1.54) is 30.3 Å². The van der Waals surface area contributed by atoms with E-state index in [4.69, 9.17) is 22.1 Å². The van der Waals surface area contributed by atoms with Gasteiger partial charge in [-0.05, 0) is 30.3 Å². The van der Waals surface area contributed by atoms with E-state index in [9.17, 15) is 19.7 Å². The molecule has 1 heterocycles. The van der Waals surface area contributed by atoms with Gasteiger partial charge in [0.25, 0.3) is 17.5 Å². The largest absolute Gasteiger partial charge is 0.483 e. The molecule has 1 aliphatic heterocycles. The molecule has 1 fully saturated rings. The van der Waals surface area contributed by atoms with Gasteiger partial charge in [0.2, 0.25) is 0 Å². The summed E-state index contributed by atoms with van der Waals surface area (Å²) in [4.78, 5) is 38.0. The number of hydrogen-bond acceptors (Lipinski definition) is 6. The molecule has 0 bridgehead atoms. The third-order valence-electron chi connectivity index (χ3n) is 4.62. The number of halogens is 1. The normalized spacial score (nSPS) is 13.8. The first-order valence-corrected chi connectivity index (χ1v) is 9.22. The van der Waals surface area contributed by atoms with E-state index in [1.807, 2.05) is 0 Å². The van der Waals surface area contributed by atoms with Gasteiger partial charge in [0.15, 0.2) is 6.61 Å². The molecule has 0 unspecified atom stereocenters. The number of primary amides is 1. The van der Waals surface area contributed by atoms with Gasteiger partial charge in [0.05, 0.1) is 10.5 Å². The van der Waals surface area contributed by atoms with Crippen LogP contribution >= 0.6 is 11.6 Å². The molecule has 152 valence electrons. The Hall–Kier alpha value is -3.33. The van der Waals surface area contributed by atoms with Crippen LogP contribution in [0.15, 0.2) is 42.5 Å². The molecular weight excluding hydrogens is 400 g/mol. The van der Waals surface area contributed by atoms with Crippen LogP contribution < -0.4 is 15.4 Å². The fraction of sp³-hybridized carbons (Fsp3) is 0.263. The fourth-order valence-corrected chi connectivity index (χ4v) is 3.21. The number of hydrogen-bond donors (Lipinski definition) is 1. The summed E-state index contributed by atoms with van der Waals surface area (Å²) in [5.74, 6) is -0.715. The maximum atomic E-state index is 12.5. The standard InChI is InChI=1S/C19H19ClN4O5/c20-13-1-6-16(19(21)26)17(11-13)29-12-18(25)23-9-7-22(8-10-23)14-2-4-15(5-3-14)24(27)28/h1-6,11H,7-10,12H2,(H2,21,26). The van der Waals surface area contributed by atoms with Crippen LogP contribution in [0.1, 0.15) is 10.4 Å². The molecule has 2 aromatic rings. The van der Waals surface area contributed by atoms with Crippen LogP contribution in [-0.4, -0.2) is 54.4 Å². The number of carbonyl (C=O) groups excluding carboxylic acids is 2. The molecule has 2 N–H and O–H groups in total. The second kappa shape index (κ2) is 8.78. The molecule has 2 aromatic carbocycles. The topological polar surface area (TPSA) is 119 Å². The molecule has 0 atom stereocenters. The highest BCUT2D eigenvalue weighted by atomic mass is 35.5. The van der Waals surface area contributed by atoms with Crippen molar-refractivity contribution in [1.29, 1.82) is 0 Å². The zero-order chi connectivity index (χ0) is 21.0. The Morgan fingerprint density at radius 2 is 1.76 bits per heavy atom. The number of nitro groups is 1. The van der Waals surface area contributed by atoms with Crippen molar-refractivity contribution >= 4 is 34.8 Å². The van der Waals surface area contributed by atoms with Gasteiger partial charge in [-0.3, -0.25) is 19.7 Å². The number of nitrogens with zero attached hydrogens (tertiary/aromatic N) is 3. The lowest BCUT2D eigenvalue weighted by Crippen LogP contribution is -2.50. The van der Waals surface area contributed by atoms with Crippen molar-refractivity contribution in [2.24, 2.45) is 5.73 Å². The number of anilines is 1. The summed E-state index contributed by atoms with van der Waals surface area (Å²) < 4.78 is 5.49. The third kappa shape index (κ3) is 4.94. The van der Waals surface area contributed by atoms with Gasteiger partial charge in [0, 0.05) is 49.0 Å². The second-order valence-corrected chi connectivity index (χ2v) is 6.87. The molecule has 0 aromatic heterocycles. The van der Waals surface area contributed by atoms with Crippen LogP contribution in [0.4, 0.5) is 11.4 Å². The van der Waals surface area contributed by atoms with E-state index in [0.717, 1.165) is 5.69 Å². The Kier molecular flexibility index (Phi) is 6.18. The summed E-state index contributed by atoms with van der Waals surface area (Å²) >= 11 is 5.92. The van der Waals surface area contributed by atoms with Crippen LogP contribution in [-0.2, 0) is 4.79 Å².